The molecule has 25 nitrogen and oxygen atoms in total. The molecule has 1 aliphatic heterocycles. The number of epoxide rings is 1. The number of esters is 6. The molecule has 0 saturated carbocycles. The molecule has 1 unspecified atom stereocenters. The number of carboxylic acid groups (broad SMARTS) is 1. The van der Waals surface area contributed by atoms with Crippen molar-refractivity contribution in [3.8, 4) is 57.5 Å². The summed E-state index contributed by atoms with van der Waals surface area (Å²) in [6.45, 7) is 31.8. The van der Waals surface area contributed by atoms with Crippen LogP contribution in [0.25, 0.3) is 0 Å². The third kappa shape index (κ3) is 43.7. The van der Waals surface area contributed by atoms with E-state index >= 15 is 0 Å². The van der Waals surface area contributed by atoms with Gasteiger partial charge in [-0.25, -0.2) is 33.6 Å². The number of non-ortho nitro benzene ring substituents is 1. The van der Waals surface area contributed by atoms with Gasteiger partial charge in [-0.05, 0) is 336 Å². The van der Waals surface area contributed by atoms with Gasteiger partial charge in [-0.2, -0.15) is 26.3 Å². The number of alkyl halides is 6. The van der Waals surface area contributed by atoms with Crippen molar-refractivity contribution in [1.29, 1.82) is 0 Å². The van der Waals surface area contributed by atoms with Crippen LogP contribution in [0.1, 0.15) is 196 Å². The monoisotopic (exact) mass is 1800 g/mol. The number of aromatic carboxylic acids is 1. The zero-order chi connectivity index (χ0) is 95.7. The summed E-state index contributed by atoms with van der Waals surface area (Å²) in [7, 11) is 0. The Balaban J connectivity index is 0.000000268. The van der Waals surface area contributed by atoms with Gasteiger partial charge in [0.15, 0.2) is 6.61 Å². The third-order valence-corrected chi connectivity index (χ3v) is 15.4. The second-order valence-corrected chi connectivity index (χ2v) is 30.6. The largest absolute Gasteiger partial charge is 0.491 e. The number of nitro benzene ring substituents is 1. The fourth-order valence-corrected chi connectivity index (χ4v) is 9.92. The predicted octanol–water partition coefficient (Wildman–Crippen LogP) is 22.8. The minimum Gasteiger partial charge on any atom is -0.491 e. The highest BCUT2D eigenvalue weighted by Gasteiger charge is 2.32. The first-order valence-electron chi connectivity index (χ1n) is 40.7. The Morgan fingerprint density at radius 3 is 0.829 bits per heavy atom. The van der Waals surface area contributed by atoms with Crippen molar-refractivity contribution in [3.05, 3.63) is 303 Å². The van der Waals surface area contributed by atoms with Gasteiger partial charge in [0.05, 0.1) is 98.8 Å². The van der Waals surface area contributed by atoms with Crippen LogP contribution in [0.15, 0.2) is 249 Å². The Labute approximate surface area is 745 Å². The number of hydrogen-bond donors (Lipinski definition) is 1. The van der Waals surface area contributed by atoms with E-state index in [9.17, 15) is 70.0 Å². The smallest absolute Gasteiger partial charge is 0.422 e. The molecule has 1 saturated heterocycles. The van der Waals surface area contributed by atoms with Crippen molar-refractivity contribution in [3.63, 3.8) is 0 Å². The molecule has 0 aromatic heterocycles. The normalized spacial score (nSPS) is 11.8. The van der Waals surface area contributed by atoms with Crippen molar-refractivity contribution >= 4 is 47.5 Å². The molecule has 1 atom stereocenters. The molecule has 0 amide bonds. The number of hydrogen-bond acceptors (Lipinski definition) is 23. The minimum absolute atomic E-state index is 0.0138. The van der Waals surface area contributed by atoms with Gasteiger partial charge in [0, 0.05) is 12.1 Å². The number of nitrogens with zero attached hydrogens (tertiary/aromatic N) is 1. The van der Waals surface area contributed by atoms with E-state index < -0.39 is 58.9 Å². The molecular weight excluding hydrogens is 1690 g/mol. The van der Waals surface area contributed by atoms with E-state index in [4.69, 9.17) is 66.7 Å². The number of carbonyl (C=O) groups is 7. The van der Waals surface area contributed by atoms with E-state index in [1.54, 1.807) is 133 Å². The quantitative estimate of drug-likeness (QED) is 0.00905. The Bertz CT molecular complexity index is 5080. The summed E-state index contributed by atoms with van der Waals surface area (Å²) in [5, 5.41) is 19.2. The number of para-hydroxylation sites is 1. The Morgan fingerprint density at radius 1 is 0.349 bits per heavy atom. The molecule has 1 aliphatic rings. The summed E-state index contributed by atoms with van der Waals surface area (Å²) in [6, 6.07) is 64.1. The molecule has 1 heterocycles. The fraction of sp³-hybridized carbons (Fsp3) is 0.316. The van der Waals surface area contributed by atoms with Crippen LogP contribution in [0, 0.1) is 10.1 Å². The molecule has 129 heavy (non-hydrogen) atoms. The zero-order valence-electron chi connectivity index (χ0n) is 74.5. The van der Waals surface area contributed by atoms with Crippen LogP contribution < -0.4 is 47.4 Å². The number of rotatable bonds is 28. The van der Waals surface area contributed by atoms with Gasteiger partial charge < -0.3 is 71.4 Å². The molecule has 1 fully saturated rings. The van der Waals surface area contributed by atoms with Crippen molar-refractivity contribution in [2.75, 3.05) is 19.8 Å². The zero-order valence-corrected chi connectivity index (χ0v) is 74.5. The minimum atomic E-state index is -4.52. The van der Waals surface area contributed by atoms with Crippen molar-refractivity contribution in [1.82, 2.24) is 0 Å². The van der Waals surface area contributed by atoms with E-state index in [0.29, 0.717) is 64.2 Å². The van der Waals surface area contributed by atoms with Crippen LogP contribution in [-0.4, -0.2) is 132 Å². The molecule has 0 bridgehead atoms. The molecule has 11 rings (SSSR count). The SMILES string of the molecule is CC(C)Oc1ccc(C(=O)O)cc1.CC(C)Oc1ccc(C(=O)OC(C)(C)C)cc1.CC(C)Oc1ccc(C(=O)OCC(F)(F)F)cc1.CC(C)Oc1ccc(C(=O)OCC2CO2)cc1.CC(C)Oc1ccc(C(=O)Oc2ccc(C(F)(F)F)cc2)cc1.CC(C)Oc1ccc(C(=O)Oc2ccc([N+](=O)[O-])cc2)cc1.CC(C)Oc1ccc(C(=O)Oc2ccccc2)cc1. The maximum absolute atomic E-state index is 12.5. The van der Waals surface area contributed by atoms with E-state index in [1.807, 2.05) is 136 Å². The molecule has 690 valence electrons. The van der Waals surface area contributed by atoms with Gasteiger partial charge in [0.25, 0.3) is 5.69 Å². The number of ether oxygens (including phenoxy) is 14. The number of carboxylic acids is 1. The van der Waals surface area contributed by atoms with Crippen LogP contribution in [0.5, 0.6) is 57.5 Å². The lowest BCUT2D eigenvalue weighted by atomic mass is 10.1. The molecular formula is C98H107F6NO24. The highest BCUT2D eigenvalue weighted by molar-refractivity contribution is 5.93. The molecule has 0 radical (unpaired) electrons. The molecule has 10 aromatic carbocycles. The Morgan fingerprint density at radius 2 is 0.589 bits per heavy atom. The standard InChI is InChI=1S/C17H15F3O3.C16H15NO5.C16H16O3.C14H20O3.C13H16O4.C12H13F3O3.C10H12O3/c1-11(2)22-14-7-3-12(4-8-14)16(21)23-15-9-5-13(6-10-15)17(18,19)20;1-11(2)21-14-7-3-12(4-8-14)16(18)22-15-9-5-13(6-10-15)17(19)20;1-12(2)18-15-10-8-13(9-11-15)16(17)19-14-6-4-3-5-7-14;1-10(2)16-12-8-6-11(7-9-12)13(15)17-14(3,4)5;1-9(2)17-11-5-3-10(4-6-11)13(14)16-8-12-7-15-12;1-8(2)18-10-5-3-9(4-6-10)11(16)17-7-12(13,14)15;1-7(2)13-9-5-3-8(4-6-9)10(11)12/h3-11H,1-2H3;3-11H,1-2H3;3-12H,1-2H3;6-10H,1-5H3;3-6,9,12H,7-8H2,1-2H3;3-6,8H,7H2,1-2H3;3-7H,1-2H3,(H,11,12). The summed E-state index contributed by atoms with van der Waals surface area (Å²) >= 11 is 0. The van der Waals surface area contributed by atoms with Gasteiger partial charge in [0.1, 0.15) is 75.8 Å². The van der Waals surface area contributed by atoms with Crippen LogP contribution in [0.4, 0.5) is 32.0 Å². The van der Waals surface area contributed by atoms with Gasteiger partial charge >= 0.3 is 54.1 Å². The van der Waals surface area contributed by atoms with Gasteiger partial charge in [-0.1, -0.05) is 18.2 Å². The van der Waals surface area contributed by atoms with Crippen LogP contribution in [0.3, 0.4) is 0 Å². The van der Waals surface area contributed by atoms with Gasteiger partial charge in [0.2, 0.25) is 0 Å². The van der Waals surface area contributed by atoms with E-state index in [2.05, 4.69) is 4.74 Å². The summed E-state index contributed by atoms with van der Waals surface area (Å²) < 4.78 is 146. The summed E-state index contributed by atoms with van der Waals surface area (Å²) in [5.41, 5.74) is 1.21. The molecule has 0 spiro atoms. The number of carbonyl (C=O) groups excluding carboxylic acids is 6. The number of benzene rings is 10. The second kappa shape index (κ2) is 52.2. The lowest BCUT2D eigenvalue weighted by Gasteiger charge is -2.19. The maximum atomic E-state index is 12.5. The second-order valence-electron chi connectivity index (χ2n) is 30.6. The van der Waals surface area contributed by atoms with E-state index in [0.717, 1.165) is 41.5 Å². The van der Waals surface area contributed by atoms with Crippen molar-refractivity contribution in [2.24, 2.45) is 0 Å². The molecule has 1 N–H and O–H groups in total. The first-order chi connectivity index (χ1) is 60.6. The van der Waals surface area contributed by atoms with Crippen LogP contribution in [0.2, 0.25) is 0 Å². The lowest BCUT2D eigenvalue weighted by Crippen LogP contribution is -2.23. The topological polar surface area (TPSA) is 315 Å². The van der Waals surface area contributed by atoms with E-state index in [1.165, 1.54) is 72.8 Å². The van der Waals surface area contributed by atoms with Crippen molar-refractivity contribution in [2.45, 2.75) is 184 Å². The average Bonchev–Trinajstić information content (AvgIpc) is 1.03. The Kier molecular flexibility index (Phi) is 42.7. The Hall–Kier alpha value is -14.0. The molecule has 10 aromatic rings. The van der Waals surface area contributed by atoms with E-state index in [-0.39, 0.29) is 101 Å². The lowest BCUT2D eigenvalue weighted by molar-refractivity contribution is -0.384. The molecule has 31 heteroatoms. The first-order valence-corrected chi connectivity index (χ1v) is 40.7. The third-order valence-electron chi connectivity index (χ3n) is 15.4. The molecule has 0 aliphatic carbocycles. The number of halogens is 6. The van der Waals surface area contributed by atoms with Crippen molar-refractivity contribution < 1.29 is 136 Å². The summed E-state index contributed by atoms with van der Waals surface area (Å²) in [5.74, 6) is 1.47. The first kappa shape index (κ1) is 106. The fourth-order valence-electron chi connectivity index (χ4n) is 9.92. The predicted molar refractivity (Wildman–Crippen MR) is 470 cm³/mol. The highest BCUT2D eigenvalue weighted by atomic mass is 19.4. The van der Waals surface area contributed by atoms with Gasteiger partial charge in [-0.3, -0.25) is 10.1 Å². The summed E-state index contributed by atoms with van der Waals surface area (Å²) in [4.78, 5) is 90.9. The van der Waals surface area contributed by atoms with Crippen LogP contribution >= 0.6 is 0 Å². The van der Waals surface area contributed by atoms with Gasteiger partial charge in [-0.15, -0.1) is 0 Å². The average molecular weight is 1800 g/mol. The summed E-state index contributed by atoms with van der Waals surface area (Å²) in [6.07, 6.45) is -8.32. The van der Waals surface area contributed by atoms with Crippen LogP contribution in [-0.2, 0) is 25.1 Å². The maximum Gasteiger partial charge on any atom is 0.422 e. The number of nitro groups is 1. The highest BCUT2D eigenvalue weighted by Crippen LogP contribution is 2.32.